The Hall–Kier alpha value is -1.26. The number of carbonyl (C=O) groups is 1. The monoisotopic (exact) mass is 268 g/mol. The van der Waals surface area contributed by atoms with E-state index in [1.807, 2.05) is 0 Å². The molecule has 0 spiro atoms. The highest BCUT2D eigenvalue weighted by molar-refractivity contribution is 5.72. The molecule has 0 aromatic rings. The van der Waals surface area contributed by atoms with Gasteiger partial charge in [0.2, 0.25) is 0 Å². The van der Waals surface area contributed by atoms with Crippen LogP contribution in [0, 0.1) is 11.8 Å². The first-order chi connectivity index (χ1) is 7.93. The van der Waals surface area contributed by atoms with Crippen molar-refractivity contribution in [1.29, 1.82) is 0 Å². The van der Waals surface area contributed by atoms with Gasteiger partial charge in [0.25, 0.3) is 0 Å². The molecule has 0 aliphatic rings. The Morgan fingerprint density at radius 2 is 1.83 bits per heavy atom. The number of carboxylic acid groups (broad SMARTS) is 1. The standard InChI is InChI=1S/C11H15F3O4/c1-7(2)18-8(9(15)16)6-10(3,17)4-5-11(12,13)14/h7-8,17H,6H2,1-3H3,(H,15,16). The summed E-state index contributed by atoms with van der Waals surface area (Å²) in [6, 6.07) is 0. The molecule has 0 bridgehead atoms. The number of aliphatic hydroxyl groups is 1. The second-order valence-corrected chi connectivity index (χ2v) is 4.24. The van der Waals surface area contributed by atoms with Crippen LogP contribution in [0.5, 0.6) is 0 Å². The average Bonchev–Trinajstić information content (AvgIpc) is 2.11. The van der Waals surface area contributed by atoms with E-state index in [1.165, 1.54) is 0 Å². The third kappa shape index (κ3) is 7.92. The molecule has 7 heteroatoms. The van der Waals surface area contributed by atoms with Crippen LogP contribution < -0.4 is 0 Å². The molecule has 4 nitrogen and oxygen atoms in total. The predicted octanol–water partition coefficient (Wildman–Crippen LogP) is 1.57. The number of hydrogen-bond donors (Lipinski definition) is 2. The van der Waals surface area contributed by atoms with Crippen molar-refractivity contribution in [2.24, 2.45) is 0 Å². The van der Waals surface area contributed by atoms with Gasteiger partial charge in [-0.2, -0.15) is 13.2 Å². The predicted molar refractivity (Wildman–Crippen MR) is 56.7 cm³/mol. The molecule has 2 unspecified atom stereocenters. The lowest BCUT2D eigenvalue weighted by Gasteiger charge is -2.23. The largest absolute Gasteiger partial charge is 0.479 e. The Morgan fingerprint density at radius 1 is 1.33 bits per heavy atom. The van der Waals surface area contributed by atoms with Gasteiger partial charge in [0.05, 0.1) is 6.10 Å². The van der Waals surface area contributed by atoms with Crippen LogP contribution >= 0.6 is 0 Å². The van der Waals surface area contributed by atoms with E-state index in [2.05, 4.69) is 0 Å². The molecule has 104 valence electrons. The summed E-state index contributed by atoms with van der Waals surface area (Å²) in [4.78, 5) is 10.8. The highest BCUT2D eigenvalue weighted by atomic mass is 19.4. The highest BCUT2D eigenvalue weighted by Crippen LogP contribution is 2.18. The van der Waals surface area contributed by atoms with Crippen LogP contribution in [0.1, 0.15) is 27.2 Å². The zero-order valence-corrected chi connectivity index (χ0v) is 10.2. The fourth-order valence-corrected chi connectivity index (χ4v) is 1.14. The SMILES string of the molecule is CC(C)OC(CC(C)(O)C#CC(F)(F)F)C(=O)O. The van der Waals surface area contributed by atoms with Crippen LogP contribution in [-0.4, -0.2) is 40.2 Å². The molecule has 0 aromatic carbocycles. The minimum Gasteiger partial charge on any atom is -0.479 e. The maximum atomic E-state index is 11.9. The highest BCUT2D eigenvalue weighted by Gasteiger charge is 2.31. The Labute approximate surface area is 103 Å². The van der Waals surface area contributed by atoms with Gasteiger partial charge in [0.15, 0.2) is 6.10 Å². The molecule has 0 rings (SSSR count). The van der Waals surface area contributed by atoms with Crippen LogP contribution in [0.4, 0.5) is 13.2 Å². The number of rotatable bonds is 5. The molecule has 0 amide bonds. The van der Waals surface area contributed by atoms with Crippen molar-refractivity contribution in [3.8, 4) is 11.8 Å². The van der Waals surface area contributed by atoms with Crippen molar-refractivity contribution in [1.82, 2.24) is 0 Å². The molecule has 0 aliphatic heterocycles. The quantitative estimate of drug-likeness (QED) is 0.743. The van der Waals surface area contributed by atoms with Crippen LogP contribution in [0.15, 0.2) is 0 Å². The smallest absolute Gasteiger partial charge is 0.457 e. The van der Waals surface area contributed by atoms with E-state index in [9.17, 15) is 23.1 Å². The van der Waals surface area contributed by atoms with Crippen LogP contribution in [0.3, 0.4) is 0 Å². The summed E-state index contributed by atoms with van der Waals surface area (Å²) in [6.45, 7) is 4.16. The number of aliphatic carboxylic acids is 1. The van der Waals surface area contributed by atoms with Crippen LogP contribution in [-0.2, 0) is 9.53 Å². The zero-order chi connectivity index (χ0) is 14.6. The van der Waals surface area contributed by atoms with Gasteiger partial charge < -0.3 is 14.9 Å². The first kappa shape index (κ1) is 16.7. The lowest BCUT2D eigenvalue weighted by Crippen LogP contribution is -2.36. The van der Waals surface area contributed by atoms with Crippen molar-refractivity contribution >= 4 is 5.97 Å². The van der Waals surface area contributed by atoms with Gasteiger partial charge in [-0.1, -0.05) is 5.92 Å². The summed E-state index contributed by atoms with van der Waals surface area (Å²) < 4.78 is 40.6. The van der Waals surface area contributed by atoms with Crippen LogP contribution in [0.2, 0.25) is 0 Å². The third-order valence-corrected chi connectivity index (χ3v) is 1.77. The number of alkyl halides is 3. The maximum absolute atomic E-state index is 11.9. The van der Waals surface area contributed by atoms with Gasteiger partial charge in [-0.3, -0.25) is 0 Å². The van der Waals surface area contributed by atoms with Crippen molar-refractivity contribution in [3.63, 3.8) is 0 Å². The molecule has 18 heavy (non-hydrogen) atoms. The lowest BCUT2D eigenvalue weighted by atomic mass is 9.99. The van der Waals surface area contributed by atoms with Gasteiger partial charge in [-0.15, -0.1) is 0 Å². The fourth-order valence-electron chi connectivity index (χ4n) is 1.14. The molecule has 0 aromatic heterocycles. The topological polar surface area (TPSA) is 66.8 Å². The molecule has 0 heterocycles. The van der Waals surface area contributed by atoms with Crippen molar-refractivity contribution in [3.05, 3.63) is 0 Å². The summed E-state index contributed by atoms with van der Waals surface area (Å²) in [5.74, 6) is 1.14. The second-order valence-electron chi connectivity index (χ2n) is 4.24. The molecule has 0 aliphatic carbocycles. The van der Waals surface area contributed by atoms with Crippen molar-refractivity contribution in [2.75, 3.05) is 0 Å². The average molecular weight is 268 g/mol. The number of halogens is 3. The first-order valence-corrected chi connectivity index (χ1v) is 5.14. The minimum absolute atomic E-state index is 0.433. The Morgan fingerprint density at radius 3 is 2.17 bits per heavy atom. The van der Waals surface area contributed by atoms with E-state index in [0.717, 1.165) is 12.8 Å². The molecule has 0 saturated carbocycles. The normalized spacial score (nSPS) is 16.7. The van der Waals surface area contributed by atoms with E-state index in [4.69, 9.17) is 9.84 Å². The van der Waals surface area contributed by atoms with Gasteiger partial charge in [0, 0.05) is 12.3 Å². The number of carboxylic acids is 1. The Bertz CT molecular complexity index is 350. The van der Waals surface area contributed by atoms with Crippen LogP contribution in [0.25, 0.3) is 0 Å². The van der Waals surface area contributed by atoms with Crippen molar-refractivity contribution in [2.45, 2.75) is 51.2 Å². The second kappa shape index (κ2) is 6.07. The Balaban J connectivity index is 4.79. The van der Waals surface area contributed by atoms with E-state index in [1.54, 1.807) is 19.8 Å². The third-order valence-electron chi connectivity index (χ3n) is 1.77. The van der Waals surface area contributed by atoms with E-state index >= 15 is 0 Å². The zero-order valence-electron chi connectivity index (χ0n) is 10.2. The molecular weight excluding hydrogens is 253 g/mol. The fraction of sp³-hybridized carbons (Fsp3) is 0.727. The number of ether oxygens (including phenoxy) is 1. The molecule has 2 atom stereocenters. The summed E-state index contributed by atoms with van der Waals surface area (Å²) >= 11 is 0. The summed E-state index contributed by atoms with van der Waals surface area (Å²) in [5, 5.41) is 18.4. The van der Waals surface area contributed by atoms with Gasteiger partial charge >= 0.3 is 12.1 Å². The molecule has 0 radical (unpaired) electrons. The summed E-state index contributed by atoms with van der Waals surface area (Å²) in [5.41, 5.74) is -2.09. The minimum atomic E-state index is -4.73. The molecular formula is C11H15F3O4. The van der Waals surface area contributed by atoms with Gasteiger partial charge in [-0.05, 0) is 20.8 Å². The summed E-state index contributed by atoms with van der Waals surface area (Å²) in [7, 11) is 0. The summed E-state index contributed by atoms with van der Waals surface area (Å²) in [6.07, 6.45) is -7.13. The number of hydrogen-bond acceptors (Lipinski definition) is 3. The maximum Gasteiger partial charge on any atom is 0.457 e. The Kier molecular flexibility index (Phi) is 5.64. The van der Waals surface area contributed by atoms with E-state index < -0.39 is 36.4 Å². The molecule has 0 saturated heterocycles. The van der Waals surface area contributed by atoms with E-state index in [0.29, 0.717) is 0 Å². The lowest BCUT2D eigenvalue weighted by molar-refractivity contribution is -0.156. The first-order valence-electron chi connectivity index (χ1n) is 5.14. The molecule has 0 fully saturated rings. The molecule has 2 N–H and O–H groups in total. The van der Waals surface area contributed by atoms with Crippen molar-refractivity contribution < 1.29 is 32.9 Å². The van der Waals surface area contributed by atoms with Gasteiger partial charge in [0.1, 0.15) is 5.60 Å². The van der Waals surface area contributed by atoms with E-state index in [-0.39, 0.29) is 0 Å². The van der Waals surface area contributed by atoms with Gasteiger partial charge in [-0.25, -0.2) is 4.79 Å².